The Hall–Kier alpha value is -5.60. The number of imidazole rings is 1. The van der Waals surface area contributed by atoms with Crippen molar-refractivity contribution in [3.63, 3.8) is 0 Å². The first-order valence-corrected chi connectivity index (χ1v) is 13.7. The molecule has 0 saturated carbocycles. The number of ether oxygens (including phenoxy) is 3. The minimum atomic E-state index is -0.653. The third-order valence-corrected chi connectivity index (χ3v) is 6.45. The molecule has 0 aliphatic rings. The van der Waals surface area contributed by atoms with Gasteiger partial charge in [0.15, 0.2) is 6.61 Å². The number of nitrogens with one attached hydrogen (secondary N) is 2. The number of anilines is 1. The molecule has 15 heteroatoms. The fourth-order valence-electron chi connectivity index (χ4n) is 4.48. The van der Waals surface area contributed by atoms with Crippen LogP contribution in [0.15, 0.2) is 42.5 Å². The molecule has 0 atom stereocenters. The van der Waals surface area contributed by atoms with Crippen molar-refractivity contribution in [1.29, 1.82) is 0 Å². The van der Waals surface area contributed by atoms with Crippen molar-refractivity contribution in [3.8, 4) is 11.5 Å². The third-order valence-electron chi connectivity index (χ3n) is 6.45. The van der Waals surface area contributed by atoms with E-state index in [1.165, 1.54) is 19.2 Å². The van der Waals surface area contributed by atoms with Crippen molar-refractivity contribution in [2.24, 2.45) is 11.5 Å². The topological polar surface area (TPSA) is 208 Å². The quantitative estimate of drug-likeness (QED) is 0.155. The maximum atomic E-state index is 13.2. The highest BCUT2D eigenvalue weighted by Crippen LogP contribution is 2.31. The van der Waals surface area contributed by atoms with Crippen LogP contribution in [0.3, 0.4) is 0 Å². The molecule has 232 valence electrons. The Morgan fingerprint density at radius 1 is 1.07 bits per heavy atom. The van der Waals surface area contributed by atoms with Crippen LogP contribution in [0.25, 0.3) is 11.0 Å². The first kappa shape index (κ1) is 31.3. The number of primary amides is 2. The molecule has 0 aliphatic heterocycles. The molecule has 0 radical (unpaired) electrons. The van der Waals surface area contributed by atoms with Gasteiger partial charge in [-0.05, 0) is 56.2 Å². The number of benzene rings is 2. The van der Waals surface area contributed by atoms with Crippen molar-refractivity contribution in [1.82, 2.24) is 24.6 Å². The molecular formula is C29H34N8O7. The summed E-state index contributed by atoms with van der Waals surface area (Å²) in [6, 6.07) is 11.5. The fraction of sp³-hybridized carbons (Fsp3) is 0.310. The van der Waals surface area contributed by atoms with E-state index in [0.29, 0.717) is 59.0 Å². The number of hydrogen-bond donors (Lipinski definition) is 4. The maximum Gasteiger partial charge on any atom is 0.407 e. The van der Waals surface area contributed by atoms with Gasteiger partial charge in [-0.3, -0.25) is 24.4 Å². The van der Waals surface area contributed by atoms with E-state index in [1.807, 2.05) is 6.92 Å². The van der Waals surface area contributed by atoms with E-state index in [0.717, 1.165) is 0 Å². The number of hydrogen-bond acceptors (Lipinski definition) is 9. The van der Waals surface area contributed by atoms with Gasteiger partial charge in [0, 0.05) is 25.2 Å². The minimum absolute atomic E-state index is 0.0187. The van der Waals surface area contributed by atoms with E-state index >= 15 is 0 Å². The summed E-state index contributed by atoms with van der Waals surface area (Å²) >= 11 is 0. The number of nitrogens with zero attached hydrogens (tertiary/aromatic N) is 4. The molecule has 0 saturated heterocycles. The molecule has 0 bridgehead atoms. The largest absolute Gasteiger partial charge is 0.494 e. The SMILES string of the molecule is CCn1nc(C)cc1C(=O)Nc1nc2cc(C(N)=O)cc(OC)c2n1CCCNC(=O)OCc1cccc(OCC(N)=O)c1. The number of nitrogens with two attached hydrogens (primary N) is 2. The standard InChI is InChI=1S/C29H34N8O7/c1-4-37-22(11-17(2)35-37)27(40)34-28-33-21-13-19(26(31)39)14-23(42-3)25(21)36(28)10-6-9-32-29(41)44-15-18-7-5-8-20(12-18)43-16-24(30)38/h5,7-8,11-14H,4,6,9-10,15-16H2,1-3H3,(H2,30,38)(H2,31,39)(H,32,41)(H,33,34,40). The van der Waals surface area contributed by atoms with Gasteiger partial charge in [-0.15, -0.1) is 0 Å². The van der Waals surface area contributed by atoms with Crippen LogP contribution in [0.2, 0.25) is 0 Å². The van der Waals surface area contributed by atoms with Crippen LogP contribution in [0.4, 0.5) is 10.7 Å². The Kier molecular flexibility index (Phi) is 10.0. The predicted molar refractivity (Wildman–Crippen MR) is 159 cm³/mol. The zero-order chi connectivity index (χ0) is 31.8. The highest BCUT2D eigenvalue weighted by atomic mass is 16.5. The number of carbonyl (C=O) groups is 4. The third kappa shape index (κ3) is 7.61. The molecule has 0 aliphatic carbocycles. The van der Waals surface area contributed by atoms with Crippen LogP contribution in [-0.2, 0) is 29.2 Å². The maximum absolute atomic E-state index is 13.2. The smallest absolute Gasteiger partial charge is 0.407 e. The lowest BCUT2D eigenvalue weighted by Gasteiger charge is -2.13. The summed E-state index contributed by atoms with van der Waals surface area (Å²) < 4.78 is 19.4. The summed E-state index contributed by atoms with van der Waals surface area (Å²) in [6.45, 7) is 4.44. The highest BCUT2D eigenvalue weighted by Gasteiger charge is 2.21. The molecule has 15 nitrogen and oxygen atoms in total. The number of aryl methyl sites for hydroxylation is 3. The Morgan fingerprint density at radius 3 is 2.57 bits per heavy atom. The molecule has 0 unspecified atom stereocenters. The average molecular weight is 607 g/mol. The van der Waals surface area contributed by atoms with Gasteiger partial charge in [0.25, 0.3) is 11.8 Å². The van der Waals surface area contributed by atoms with Crippen molar-refractivity contribution in [2.75, 3.05) is 25.6 Å². The van der Waals surface area contributed by atoms with E-state index in [4.69, 9.17) is 25.7 Å². The Morgan fingerprint density at radius 2 is 1.86 bits per heavy atom. The van der Waals surface area contributed by atoms with Gasteiger partial charge in [-0.2, -0.15) is 5.10 Å². The number of fused-ring (bicyclic) bond motifs is 1. The van der Waals surface area contributed by atoms with E-state index in [9.17, 15) is 19.2 Å². The Bertz CT molecular complexity index is 1690. The molecular weight excluding hydrogens is 572 g/mol. The van der Waals surface area contributed by atoms with Gasteiger partial charge < -0.3 is 35.6 Å². The molecule has 44 heavy (non-hydrogen) atoms. The summed E-state index contributed by atoms with van der Waals surface area (Å²) in [7, 11) is 1.45. The molecule has 4 rings (SSSR count). The molecule has 6 N–H and O–H groups in total. The van der Waals surface area contributed by atoms with Crippen LogP contribution in [0, 0.1) is 6.92 Å². The van der Waals surface area contributed by atoms with Crippen LogP contribution >= 0.6 is 0 Å². The number of carbonyl (C=O) groups excluding carboxylic acids is 4. The van der Waals surface area contributed by atoms with Crippen molar-refractivity contribution in [2.45, 2.75) is 40.0 Å². The monoisotopic (exact) mass is 606 g/mol. The zero-order valence-electron chi connectivity index (χ0n) is 24.6. The summed E-state index contributed by atoms with van der Waals surface area (Å²) in [5.74, 6) is -0.685. The lowest BCUT2D eigenvalue weighted by molar-refractivity contribution is -0.119. The molecule has 0 fully saturated rings. The normalized spacial score (nSPS) is 10.8. The number of aromatic nitrogens is 4. The van der Waals surface area contributed by atoms with Crippen LogP contribution in [0.1, 0.15) is 45.4 Å². The number of rotatable bonds is 14. The van der Waals surface area contributed by atoms with Crippen LogP contribution in [-0.4, -0.2) is 63.4 Å². The minimum Gasteiger partial charge on any atom is -0.494 e. The second-order valence-electron chi connectivity index (χ2n) is 9.70. The van der Waals surface area contributed by atoms with Crippen LogP contribution < -0.4 is 31.6 Å². The van der Waals surface area contributed by atoms with Crippen molar-refractivity contribution in [3.05, 3.63) is 65.0 Å². The first-order valence-electron chi connectivity index (χ1n) is 13.7. The Balaban J connectivity index is 1.45. The van der Waals surface area contributed by atoms with Gasteiger partial charge in [0.2, 0.25) is 11.9 Å². The fourth-order valence-corrected chi connectivity index (χ4v) is 4.48. The molecule has 0 spiro atoms. The van der Waals surface area contributed by atoms with Gasteiger partial charge in [0.05, 0.1) is 18.3 Å². The molecule has 2 aromatic carbocycles. The summed E-state index contributed by atoms with van der Waals surface area (Å²) in [6.07, 6.45) is -0.212. The van der Waals surface area contributed by atoms with E-state index in [-0.39, 0.29) is 31.3 Å². The van der Waals surface area contributed by atoms with E-state index < -0.39 is 23.8 Å². The second-order valence-corrected chi connectivity index (χ2v) is 9.70. The van der Waals surface area contributed by atoms with Crippen molar-refractivity contribution >= 4 is 40.8 Å². The number of alkyl carbamates (subject to hydrolysis) is 1. The number of amides is 4. The lowest BCUT2D eigenvalue weighted by atomic mass is 10.1. The predicted octanol–water partition coefficient (Wildman–Crippen LogP) is 2.10. The van der Waals surface area contributed by atoms with Gasteiger partial charge >= 0.3 is 6.09 Å². The van der Waals surface area contributed by atoms with Crippen molar-refractivity contribution < 1.29 is 33.4 Å². The highest BCUT2D eigenvalue weighted by molar-refractivity contribution is 6.04. The summed E-state index contributed by atoms with van der Waals surface area (Å²) in [4.78, 5) is 53.0. The van der Waals surface area contributed by atoms with Gasteiger partial charge in [-0.1, -0.05) is 12.1 Å². The molecule has 4 amide bonds. The van der Waals surface area contributed by atoms with Crippen LogP contribution in [0.5, 0.6) is 11.5 Å². The lowest BCUT2D eigenvalue weighted by Crippen LogP contribution is -2.26. The number of methoxy groups -OCH3 is 1. The summed E-state index contributed by atoms with van der Waals surface area (Å²) in [5, 5.41) is 9.87. The Labute approximate surface area is 252 Å². The van der Waals surface area contributed by atoms with E-state index in [1.54, 1.807) is 46.5 Å². The molecule has 2 heterocycles. The van der Waals surface area contributed by atoms with Gasteiger partial charge in [-0.25, -0.2) is 9.78 Å². The zero-order valence-corrected chi connectivity index (χ0v) is 24.6. The second kappa shape index (κ2) is 14.0. The average Bonchev–Trinajstić information content (AvgIpc) is 3.56. The summed E-state index contributed by atoms with van der Waals surface area (Å²) in [5.41, 5.74) is 13.4. The van der Waals surface area contributed by atoms with Gasteiger partial charge in [0.1, 0.15) is 29.3 Å². The molecule has 2 aromatic heterocycles. The van der Waals surface area contributed by atoms with E-state index in [2.05, 4.69) is 20.7 Å². The first-order chi connectivity index (χ1) is 21.1. The molecule has 4 aromatic rings.